The molecule has 24 heavy (non-hydrogen) atoms. The van der Waals surface area contributed by atoms with E-state index in [2.05, 4.69) is 34.6 Å². The van der Waals surface area contributed by atoms with E-state index in [-0.39, 0.29) is 36.5 Å². The number of nitrogens with one attached hydrogen (secondary N) is 2. The fraction of sp³-hybridized carbons (Fsp3) is 0.688. The Labute approximate surface area is 161 Å². The predicted molar refractivity (Wildman–Crippen MR) is 105 cm³/mol. The lowest BCUT2D eigenvalue weighted by atomic mass is 10.1. The molecule has 0 aliphatic heterocycles. The van der Waals surface area contributed by atoms with Gasteiger partial charge in [0.2, 0.25) is 0 Å². The van der Waals surface area contributed by atoms with Crippen LogP contribution in [0.2, 0.25) is 0 Å². The van der Waals surface area contributed by atoms with E-state index >= 15 is 0 Å². The largest absolute Gasteiger partial charge is 0.459 e. The molecule has 0 aliphatic rings. The van der Waals surface area contributed by atoms with Crippen LogP contribution < -0.4 is 10.6 Å². The monoisotopic (exact) mass is 452 g/mol. The first kappa shape index (κ1) is 22.7. The highest BCUT2D eigenvalue weighted by molar-refractivity contribution is 14.0. The van der Waals surface area contributed by atoms with Gasteiger partial charge in [0, 0.05) is 12.6 Å². The maximum Gasteiger partial charge on any atom is 0.325 e. The number of carbonyl (C=O) groups excluding carboxylic acids is 1. The number of aromatic nitrogens is 1. The Hall–Kier alpha value is -1.32. The summed E-state index contributed by atoms with van der Waals surface area (Å²) in [5, 5.41) is 10.0. The van der Waals surface area contributed by atoms with Gasteiger partial charge in [-0.2, -0.15) is 0 Å². The molecule has 1 aromatic heterocycles. The molecule has 0 radical (unpaired) electrons. The van der Waals surface area contributed by atoms with Gasteiger partial charge < -0.3 is 19.9 Å². The average molecular weight is 452 g/mol. The standard InChI is InChI=1S/C16H28N4O3.HI/c1-7-17-15(19-10-14(21)22-16(4,5)6)18-9-12-8-13(11(2)3)20-23-12;/h8,11H,7,9-10H2,1-6H3,(H2,17,18,19);1H. The second-order valence-corrected chi connectivity index (χ2v) is 6.51. The third-order valence-electron chi connectivity index (χ3n) is 2.73. The molecule has 7 nitrogen and oxygen atoms in total. The van der Waals surface area contributed by atoms with Crippen molar-refractivity contribution in [3.8, 4) is 0 Å². The molecule has 8 heteroatoms. The van der Waals surface area contributed by atoms with E-state index in [0.717, 1.165) is 5.69 Å². The van der Waals surface area contributed by atoms with E-state index in [1.165, 1.54) is 0 Å². The zero-order chi connectivity index (χ0) is 17.5. The molecule has 1 rings (SSSR count). The quantitative estimate of drug-likeness (QED) is 0.299. The van der Waals surface area contributed by atoms with Crippen LogP contribution in [0.5, 0.6) is 0 Å². The van der Waals surface area contributed by atoms with Crippen molar-refractivity contribution in [2.45, 2.75) is 59.6 Å². The summed E-state index contributed by atoms with van der Waals surface area (Å²) in [5.41, 5.74) is 0.406. The van der Waals surface area contributed by atoms with Crippen molar-refractivity contribution in [1.82, 2.24) is 15.8 Å². The topological polar surface area (TPSA) is 88.8 Å². The van der Waals surface area contributed by atoms with Gasteiger partial charge >= 0.3 is 5.97 Å². The first-order valence-corrected chi connectivity index (χ1v) is 7.90. The van der Waals surface area contributed by atoms with Gasteiger partial charge in [0.05, 0.1) is 5.69 Å². The van der Waals surface area contributed by atoms with Crippen LogP contribution in [-0.4, -0.2) is 35.8 Å². The van der Waals surface area contributed by atoms with Crippen molar-refractivity contribution in [2.24, 2.45) is 4.99 Å². The molecule has 0 aliphatic carbocycles. The van der Waals surface area contributed by atoms with Crippen molar-refractivity contribution >= 4 is 35.9 Å². The number of rotatable bonds is 6. The Balaban J connectivity index is 0.00000529. The molecule has 0 bridgehead atoms. The molecule has 2 N–H and O–H groups in total. The smallest absolute Gasteiger partial charge is 0.325 e. The summed E-state index contributed by atoms with van der Waals surface area (Å²) in [6, 6.07) is 1.89. The number of hydrogen-bond donors (Lipinski definition) is 2. The molecule has 0 saturated heterocycles. The molecule has 138 valence electrons. The lowest BCUT2D eigenvalue weighted by Gasteiger charge is -2.20. The first-order valence-electron chi connectivity index (χ1n) is 7.90. The summed E-state index contributed by atoms with van der Waals surface area (Å²) in [5.74, 6) is 1.20. The van der Waals surface area contributed by atoms with Gasteiger partial charge in [-0.05, 0) is 33.6 Å². The van der Waals surface area contributed by atoms with Gasteiger partial charge in [-0.25, -0.2) is 4.99 Å². The fourth-order valence-electron chi connectivity index (χ4n) is 1.71. The second kappa shape index (κ2) is 10.5. The minimum absolute atomic E-state index is 0. The third kappa shape index (κ3) is 9.09. The summed E-state index contributed by atoms with van der Waals surface area (Å²) < 4.78 is 10.5. The molecule has 0 saturated carbocycles. The van der Waals surface area contributed by atoms with Gasteiger partial charge in [0.1, 0.15) is 18.7 Å². The molecule has 0 spiro atoms. The minimum Gasteiger partial charge on any atom is -0.459 e. The highest BCUT2D eigenvalue weighted by atomic mass is 127. The molecule has 0 fully saturated rings. The zero-order valence-corrected chi connectivity index (χ0v) is 17.6. The maximum absolute atomic E-state index is 11.7. The molecule has 0 unspecified atom stereocenters. The Morgan fingerprint density at radius 2 is 2.04 bits per heavy atom. The normalized spacial score (nSPS) is 11.9. The van der Waals surface area contributed by atoms with E-state index in [1.807, 2.05) is 33.8 Å². The van der Waals surface area contributed by atoms with Crippen LogP contribution in [0.15, 0.2) is 15.6 Å². The number of carbonyl (C=O) groups is 1. The van der Waals surface area contributed by atoms with Gasteiger partial charge in [0.15, 0.2) is 11.7 Å². The van der Waals surface area contributed by atoms with Gasteiger partial charge in [0.25, 0.3) is 0 Å². The predicted octanol–water partition coefficient (Wildman–Crippen LogP) is 2.81. The van der Waals surface area contributed by atoms with E-state index in [1.54, 1.807) is 0 Å². The number of esters is 1. The Morgan fingerprint density at radius 3 is 2.54 bits per heavy atom. The van der Waals surface area contributed by atoms with Crippen LogP contribution in [0.4, 0.5) is 0 Å². The third-order valence-corrected chi connectivity index (χ3v) is 2.73. The summed E-state index contributed by atoms with van der Waals surface area (Å²) >= 11 is 0. The van der Waals surface area contributed by atoms with E-state index in [4.69, 9.17) is 9.26 Å². The van der Waals surface area contributed by atoms with Crippen LogP contribution >= 0.6 is 24.0 Å². The Bertz CT molecular complexity index is 536. The van der Waals surface area contributed by atoms with Gasteiger partial charge in [-0.3, -0.25) is 4.79 Å². The maximum atomic E-state index is 11.7. The SMILES string of the molecule is CCNC(=NCc1cc(C(C)C)no1)NCC(=O)OC(C)(C)C.I. The number of hydrogen-bond acceptors (Lipinski definition) is 5. The number of halogens is 1. The molecule has 0 aromatic carbocycles. The van der Waals surface area contributed by atoms with Crippen molar-refractivity contribution in [1.29, 1.82) is 0 Å². The number of aliphatic imine (C=N–C) groups is 1. The van der Waals surface area contributed by atoms with Gasteiger partial charge in [-0.1, -0.05) is 19.0 Å². The van der Waals surface area contributed by atoms with Gasteiger partial charge in [-0.15, -0.1) is 24.0 Å². The van der Waals surface area contributed by atoms with Crippen molar-refractivity contribution < 1.29 is 14.1 Å². The Kier molecular flexibility index (Phi) is 9.95. The van der Waals surface area contributed by atoms with E-state index in [0.29, 0.717) is 30.7 Å². The molecule has 1 aromatic rings. The summed E-state index contributed by atoms with van der Waals surface area (Å²) in [6.07, 6.45) is 0. The van der Waals surface area contributed by atoms with Crippen LogP contribution in [0.25, 0.3) is 0 Å². The van der Waals surface area contributed by atoms with E-state index in [9.17, 15) is 4.79 Å². The number of guanidine groups is 1. The van der Waals surface area contributed by atoms with E-state index < -0.39 is 5.60 Å². The minimum atomic E-state index is -0.499. The molecule has 1 heterocycles. The first-order chi connectivity index (χ1) is 10.7. The lowest BCUT2D eigenvalue weighted by Crippen LogP contribution is -2.41. The second-order valence-electron chi connectivity index (χ2n) is 6.51. The van der Waals surface area contributed by atoms with Crippen molar-refractivity contribution in [3.05, 3.63) is 17.5 Å². The van der Waals surface area contributed by atoms with Crippen LogP contribution in [0.3, 0.4) is 0 Å². The zero-order valence-electron chi connectivity index (χ0n) is 15.3. The Morgan fingerprint density at radius 1 is 1.38 bits per heavy atom. The fourth-order valence-corrected chi connectivity index (χ4v) is 1.71. The molecular formula is C16H29IN4O3. The summed E-state index contributed by atoms with van der Waals surface area (Å²) in [6.45, 7) is 12.7. The van der Waals surface area contributed by atoms with Crippen LogP contribution in [-0.2, 0) is 16.1 Å². The summed E-state index contributed by atoms with van der Waals surface area (Å²) in [7, 11) is 0. The summed E-state index contributed by atoms with van der Waals surface area (Å²) in [4.78, 5) is 16.1. The van der Waals surface area contributed by atoms with Crippen molar-refractivity contribution in [2.75, 3.05) is 13.1 Å². The van der Waals surface area contributed by atoms with Crippen molar-refractivity contribution in [3.63, 3.8) is 0 Å². The molecule has 0 atom stereocenters. The van der Waals surface area contributed by atoms with Crippen LogP contribution in [0, 0.1) is 0 Å². The molecule has 0 amide bonds. The number of nitrogens with zero attached hydrogens (tertiary/aromatic N) is 2. The lowest BCUT2D eigenvalue weighted by molar-refractivity contribution is -0.153. The van der Waals surface area contributed by atoms with Crippen LogP contribution in [0.1, 0.15) is 58.9 Å². The number of ether oxygens (including phenoxy) is 1. The molecular weight excluding hydrogens is 423 g/mol. The highest BCUT2D eigenvalue weighted by Gasteiger charge is 2.16. The highest BCUT2D eigenvalue weighted by Crippen LogP contribution is 2.14. The average Bonchev–Trinajstić information content (AvgIpc) is 2.89.